The number of benzene rings is 1. The van der Waals surface area contributed by atoms with E-state index in [1.54, 1.807) is 18.2 Å². The maximum absolute atomic E-state index is 10.8. The van der Waals surface area contributed by atoms with Crippen LogP contribution in [0.2, 0.25) is 5.02 Å². The quantitative estimate of drug-likeness (QED) is 0.895. The van der Waals surface area contributed by atoms with E-state index in [2.05, 4.69) is 15.3 Å². The average molecular weight is 280 g/mol. The molecule has 98 valence electrons. The molecule has 2 N–H and O–H groups in total. The average Bonchev–Trinajstić information content (AvgIpc) is 2.39. The van der Waals surface area contributed by atoms with E-state index < -0.39 is 5.97 Å². The number of aromatic carboxylic acids is 1. The van der Waals surface area contributed by atoms with E-state index in [1.165, 1.54) is 19.4 Å². The number of methoxy groups -OCH3 is 1. The van der Waals surface area contributed by atoms with Crippen molar-refractivity contribution in [2.45, 2.75) is 0 Å². The van der Waals surface area contributed by atoms with Crippen LogP contribution in [0.25, 0.3) is 0 Å². The SMILES string of the molecule is COc1ccc(Nc2nccc(C(=O)O)n2)cc1Cl. The molecule has 0 aliphatic carbocycles. The Labute approximate surface area is 114 Å². The second-order valence-electron chi connectivity index (χ2n) is 3.54. The lowest BCUT2D eigenvalue weighted by Crippen LogP contribution is -2.04. The van der Waals surface area contributed by atoms with Gasteiger partial charge in [0.25, 0.3) is 0 Å². The fraction of sp³-hybridized carbons (Fsp3) is 0.0833. The minimum atomic E-state index is -1.11. The van der Waals surface area contributed by atoms with Crippen LogP contribution in [0.3, 0.4) is 0 Å². The lowest BCUT2D eigenvalue weighted by Gasteiger charge is -2.07. The van der Waals surface area contributed by atoms with Crippen molar-refractivity contribution in [2.24, 2.45) is 0 Å². The highest BCUT2D eigenvalue weighted by molar-refractivity contribution is 6.32. The van der Waals surface area contributed by atoms with Crippen LogP contribution in [0.15, 0.2) is 30.5 Å². The van der Waals surface area contributed by atoms with Crippen molar-refractivity contribution < 1.29 is 14.6 Å². The summed E-state index contributed by atoms with van der Waals surface area (Å²) in [5.74, 6) is -0.383. The molecule has 0 unspecified atom stereocenters. The Morgan fingerprint density at radius 1 is 1.42 bits per heavy atom. The van der Waals surface area contributed by atoms with Gasteiger partial charge >= 0.3 is 5.97 Å². The standard InChI is InChI=1S/C12H10ClN3O3/c1-19-10-3-2-7(6-8(10)13)15-12-14-5-4-9(16-12)11(17)18/h2-6H,1H3,(H,17,18)(H,14,15,16). The van der Waals surface area contributed by atoms with Gasteiger partial charge in [0.05, 0.1) is 12.1 Å². The van der Waals surface area contributed by atoms with Gasteiger partial charge in [0, 0.05) is 11.9 Å². The van der Waals surface area contributed by atoms with Crippen molar-refractivity contribution in [2.75, 3.05) is 12.4 Å². The number of nitrogens with zero attached hydrogens (tertiary/aromatic N) is 2. The van der Waals surface area contributed by atoms with Crippen LogP contribution in [0.1, 0.15) is 10.5 Å². The molecule has 0 saturated carbocycles. The molecule has 0 atom stereocenters. The van der Waals surface area contributed by atoms with Gasteiger partial charge < -0.3 is 15.2 Å². The third-order valence-corrected chi connectivity index (χ3v) is 2.58. The summed E-state index contributed by atoms with van der Waals surface area (Å²) < 4.78 is 5.03. The second-order valence-corrected chi connectivity index (χ2v) is 3.95. The summed E-state index contributed by atoms with van der Waals surface area (Å²) in [5.41, 5.74) is 0.547. The Bertz CT molecular complexity index is 619. The Morgan fingerprint density at radius 2 is 2.21 bits per heavy atom. The summed E-state index contributed by atoms with van der Waals surface area (Å²) in [6, 6.07) is 6.36. The zero-order valence-electron chi connectivity index (χ0n) is 9.92. The van der Waals surface area contributed by atoms with E-state index in [1.807, 2.05) is 0 Å². The second kappa shape index (κ2) is 5.53. The predicted octanol–water partition coefficient (Wildman–Crippen LogP) is 2.58. The van der Waals surface area contributed by atoms with Crippen LogP contribution in [0.5, 0.6) is 5.75 Å². The Balaban J connectivity index is 2.23. The first-order valence-electron chi connectivity index (χ1n) is 5.27. The van der Waals surface area contributed by atoms with Gasteiger partial charge in [-0.05, 0) is 24.3 Å². The molecule has 0 bridgehead atoms. The third kappa shape index (κ3) is 3.11. The van der Waals surface area contributed by atoms with Gasteiger partial charge in [-0.2, -0.15) is 0 Å². The van der Waals surface area contributed by atoms with Crippen LogP contribution in [0, 0.1) is 0 Å². The normalized spacial score (nSPS) is 10.0. The van der Waals surface area contributed by atoms with Crippen molar-refractivity contribution in [1.82, 2.24) is 9.97 Å². The monoisotopic (exact) mass is 279 g/mol. The fourth-order valence-corrected chi connectivity index (χ4v) is 1.67. The van der Waals surface area contributed by atoms with Crippen molar-refractivity contribution in [3.8, 4) is 5.75 Å². The Kier molecular flexibility index (Phi) is 3.82. The summed E-state index contributed by atoms with van der Waals surface area (Å²) in [6.07, 6.45) is 1.36. The van der Waals surface area contributed by atoms with E-state index in [0.29, 0.717) is 16.5 Å². The molecular formula is C12H10ClN3O3. The number of halogens is 1. The van der Waals surface area contributed by atoms with Gasteiger partial charge in [0.1, 0.15) is 5.75 Å². The van der Waals surface area contributed by atoms with E-state index in [0.717, 1.165) is 0 Å². The lowest BCUT2D eigenvalue weighted by atomic mass is 10.3. The van der Waals surface area contributed by atoms with Crippen molar-refractivity contribution in [3.63, 3.8) is 0 Å². The Morgan fingerprint density at radius 3 is 2.84 bits per heavy atom. The van der Waals surface area contributed by atoms with Crippen LogP contribution in [0.4, 0.5) is 11.6 Å². The Hall–Kier alpha value is -2.34. The molecule has 1 aromatic carbocycles. The molecule has 1 heterocycles. The van der Waals surface area contributed by atoms with Gasteiger partial charge in [0.2, 0.25) is 5.95 Å². The number of nitrogens with one attached hydrogen (secondary N) is 1. The van der Waals surface area contributed by atoms with Gasteiger partial charge in [0.15, 0.2) is 5.69 Å². The maximum atomic E-state index is 10.8. The number of anilines is 2. The van der Waals surface area contributed by atoms with Crippen molar-refractivity contribution in [1.29, 1.82) is 0 Å². The minimum Gasteiger partial charge on any atom is -0.495 e. The molecule has 2 aromatic rings. The van der Waals surface area contributed by atoms with Crippen LogP contribution >= 0.6 is 11.6 Å². The van der Waals surface area contributed by atoms with Crippen LogP contribution in [-0.2, 0) is 0 Å². The molecule has 0 saturated heterocycles. The fourth-order valence-electron chi connectivity index (χ4n) is 1.41. The minimum absolute atomic E-state index is 0.0860. The summed E-state index contributed by atoms with van der Waals surface area (Å²) in [4.78, 5) is 18.6. The van der Waals surface area contributed by atoms with Gasteiger partial charge in [-0.1, -0.05) is 11.6 Å². The topological polar surface area (TPSA) is 84.3 Å². The smallest absolute Gasteiger partial charge is 0.354 e. The first-order valence-corrected chi connectivity index (χ1v) is 5.65. The van der Waals surface area contributed by atoms with E-state index >= 15 is 0 Å². The zero-order valence-corrected chi connectivity index (χ0v) is 10.7. The summed E-state index contributed by atoms with van der Waals surface area (Å²) in [6.45, 7) is 0. The number of rotatable bonds is 4. The van der Waals surface area contributed by atoms with Crippen LogP contribution < -0.4 is 10.1 Å². The number of hydrogen-bond acceptors (Lipinski definition) is 5. The highest BCUT2D eigenvalue weighted by Crippen LogP contribution is 2.28. The van der Waals surface area contributed by atoms with Crippen molar-refractivity contribution >= 4 is 29.2 Å². The molecule has 6 nitrogen and oxygen atoms in total. The number of hydrogen-bond donors (Lipinski definition) is 2. The van der Waals surface area contributed by atoms with E-state index in [-0.39, 0.29) is 11.6 Å². The number of carboxylic acids is 1. The zero-order chi connectivity index (χ0) is 13.8. The summed E-state index contributed by atoms with van der Waals surface area (Å²) in [5, 5.41) is 12.1. The molecule has 0 spiro atoms. The lowest BCUT2D eigenvalue weighted by molar-refractivity contribution is 0.0690. The first kappa shape index (κ1) is 13.1. The van der Waals surface area contributed by atoms with E-state index in [4.69, 9.17) is 21.4 Å². The number of carbonyl (C=O) groups is 1. The van der Waals surface area contributed by atoms with Crippen LogP contribution in [-0.4, -0.2) is 28.2 Å². The summed E-state index contributed by atoms with van der Waals surface area (Å²) in [7, 11) is 1.52. The molecule has 7 heteroatoms. The van der Waals surface area contributed by atoms with E-state index in [9.17, 15) is 4.79 Å². The largest absolute Gasteiger partial charge is 0.495 e. The summed E-state index contributed by atoms with van der Waals surface area (Å²) >= 11 is 5.98. The molecule has 0 fully saturated rings. The first-order chi connectivity index (χ1) is 9.10. The molecule has 19 heavy (non-hydrogen) atoms. The van der Waals surface area contributed by atoms with Gasteiger partial charge in [-0.15, -0.1) is 0 Å². The number of carboxylic acid groups (broad SMARTS) is 1. The molecular weight excluding hydrogens is 270 g/mol. The number of aromatic nitrogens is 2. The molecule has 0 radical (unpaired) electrons. The van der Waals surface area contributed by atoms with Gasteiger partial charge in [-0.3, -0.25) is 0 Å². The highest BCUT2D eigenvalue weighted by Gasteiger charge is 2.07. The highest BCUT2D eigenvalue weighted by atomic mass is 35.5. The maximum Gasteiger partial charge on any atom is 0.354 e. The van der Waals surface area contributed by atoms with Gasteiger partial charge in [-0.25, -0.2) is 14.8 Å². The molecule has 2 rings (SSSR count). The molecule has 0 aliphatic heterocycles. The predicted molar refractivity (Wildman–Crippen MR) is 70.3 cm³/mol. The molecule has 1 aromatic heterocycles. The third-order valence-electron chi connectivity index (χ3n) is 2.28. The van der Waals surface area contributed by atoms with Crippen molar-refractivity contribution in [3.05, 3.63) is 41.2 Å². The molecule has 0 amide bonds. The molecule has 0 aliphatic rings. The number of ether oxygens (including phenoxy) is 1.